The molecule has 0 aliphatic heterocycles. The minimum Gasteiger partial charge on any atom is -0.468 e. The quantitative estimate of drug-likeness (QED) is 0.851. The molecule has 3 fully saturated rings. The van der Waals surface area contributed by atoms with Crippen molar-refractivity contribution in [1.29, 1.82) is 0 Å². The van der Waals surface area contributed by atoms with Crippen LogP contribution >= 0.6 is 0 Å². The van der Waals surface area contributed by atoms with Gasteiger partial charge in [-0.05, 0) is 47.8 Å². The first-order valence-electron chi connectivity index (χ1n) is 6.21. The lowest BCUT2D eigenvalue weighted by molar-refractivity contribution is -0.181. The standard InChI is InChI=1S/C14H15F2NO2/c1-19-12(18)11(17)14-5-13(6-14,7-14)8-2-3-9(15)10(16)4-8/h2-4,11H,5-7,17H2,1H3. The molecule has 3 nitrogen and oxygen atoms in total. The molecular formula is C14H15F2NO2. The van der Waals surface area contributed by atoms with E-state index >= 15 is 0 Å². The lowest BCUT2D eigenvalue weighted by atomic mass is 9.31. The second kappa shape index (κ2) is 3.76. The van der Waals surface area contributed by atoms with Gasteiger partial charge in [0.25, 0.3) is 0 Å². The zero-order valence-corrected chi connectivity index (χ0v) is 10.6. The van der Waals surface area contributed by atoms with Gasteiger partial charge in [0.2, 0.25) is 0 Å². The van der Waals surface area contributed by atoms with Crippen molar-refractivity contribution in [3.8, 4) is 0 Å². The fourth-order valence-corrected chi connectivity index (χ4v) is 3.71. The number of carbonyl (C=O) groups is 1. The van der Waals surface area contributed by atoms with Gasteiger partial charge in [-0.2, -0.15) is 0 Å². The Morgan fingerprint density at radius 1 is 1.32 bits per heavy atom. The summed E-state index contributed by atoms with van der Waals surface area (Å²) in [7, 11) is 1.32. The number of ether oxygens (including phenoxy) is 1. The molecular weight excluding hydrogens is 252 g/mol. The summed E-state index contributed by atoms with van der Waals surface area (Å²) in [6, 6.07) is 3.40. The van der Waals surface area contributed by atoms with Crippen molar-refractivity contribution in [3.63, 3.8) is 0 Å². The van der Waals surface area contributed by atoms with Crippen molar-refractivity contribution < 1.29 is 18.3 Å². The van der Waals surface area contributed by atoms with Gasteiger partial charge in [-0.25, -0.2) is 8.78 Å². The van der Waals surface area contributed by atoms with Gasteiger partial charge in [0.05, 0.1) is 7.11 Å². The Balaban J connectivity index is 1.76. The van der Waals surface area contributed by atoms with E-state index in [-0.39, 0.29) is 10.8 Å². The van der Waals surface area contributed by atoms with Crippen molar-refractivity contribution in [2.45, 2.75) is 30.7 Å². The summed E-state index contributed by atoms with van der Waals surface area (Å²) in [6.07, 6.45) is 2.21. The minimum atomic E-state index is -0.837. The van der Waals surface area contributed by atoms with Gasteiger partial charge in [-0.1, -0.05) is 6.07 Å². The number of benzene rings is 1. The number of halogens is 2. The molecule has 3 aliphatic rings. The van der Waals surface area contributed by atoms with Crippen LogP contribution < -0.4 is 5.73 Å². The Bertz CT molecular complexity index is 539. The third-order valence-corrected chi connectivity index (χ3v) is 4.72. The second-order valence-electron chi connectivity index (χ2n) is 5.80. The fourth-order valence-electron chi connectivity index (χ4n) is 3.71. The molecule has 1 atom stereocenters. The first-order chi connectivity index (χ1) is 8.92. The minimum absolute atomic E-state index is 0.125. The molecule has 102 valence electrons. The molecule has 19 heavy (non-hydrogen) atoms. The normalized spacial score (nSPS) is 33.1. The molecule has 0 amide bonds. The van der Waals surface area contributed by atoms with Gasteiger partial charge in [0.1, 0.15) is 6.04 Å². The molecule has 0 radical (unpaired) electrons. The predicted octanol–water partition coefficient (Wildman–Crippen LogP) is 1.89. The summed E-state index contributed by atoms with van der Waals surface area (Å²) < 4.78 is 30.8. The van der Waals surface area contributed by atoms with Crippen molar-refractivity contribution in [3.05, 3.63) is 35.4 Å². The van der Waals surface area contributed by atoms with Crippen LogP contribution in [0.25, 0.3) is 0 Å². The molecule has 3 saturated carbocycles. The van der Waals surface area contributed by atoms with Gasteiger partial charge >= 0.3 is 5.97 Å². The SMILES string of the molecule is COC(=O)C(N)C12CC(c3ccc(F)c(F)c3)(C1)C2. The Hall–Kier alpha value is -1.49. The highest BCUT2D eigenvalue weighted by atomic mass is 19.2. The summed E-state index contributed by atoms with van der Waals surface area (Å²) in [4.78, 5) is 11.5. The van der Waals surface area contributed by atoms with Crippen LogP contribution in [0.3, 0.4) is 0 Å². The van der Waals surface area contributed by atoms with Crippen LogP contribution in [-0.4, -0.2) is 19.1 Å². The predicted molar refractivity (Wildman–Crippen MR) is 64.3 cm³/mol. The van der Waals surface area contributed by atoms with E-state index in [0.29, 0.717) is 0 Å². The zero-order valence-electron chi connectivity index (χ0n) is 10.6. The largest absolute Gasteiger partial charge is 0.468 e. The lowest BCUT2D eigenvalue weighted by Crippen LogP contribution is -2.72. The van der Waals surface area contributed by atoms with Crippen molar-refractivity contribution in [2.75, 3.05) is 7.11 Å². The molecule has 2 bridgehead atoms. The number of carbonyl (C=O) groups excluding carboxylic acids is 1. The van der Waals surface area contributed by atoms with Crippen LogP contribution in [0.15, 0.2) is 18.2 Å². The Morgan fingerprint density at radius 2 is 1.95 bits per heavy atom. The average molecular weight is 267 g/mol. The lowest BCUT2D eigenvalue weighted by Gasteiger charge is -2.72. The maximum atomic E-state index is 13.3. The van der Waals surface area contributed by atoms with Crippen LogP contribution in [0.2, 0.25) is 0 Å². The molecule has 4 rings (SSSR count). The molecule has 0 saturated heterocycles. The van der Waals surface area contributed by atoms with E-state index in [9.17, 15) is 13.6 Å². The number of hydrogen-bond donors (Lipinski definition) is 1. The van der Waals surface area contributed by atoms with E-state index in [2.05, 4.69) is 4.74 Å². The number of rotatable bonds is 3. The van der Waals surface area contributed by atoms with Crippen molar-refractivity contribution >= 4 is 5.97 Å². The number of hydrogen-bond acceptors (Lipinski definition) is 3. The Morgan fingerprint density at radius 3 is 2.47 bits per heavy atom. The van der Waals surface area contributed by atoms with E-state index < -0.39 is 23.6 Å². The van der Waals surface area contributed by atoms with Gasteiger partial charge < -0.3 is 10.5 Å². The topological polar surface area (TPSA) is 52.3 Å². The molecule has 1 unspecified atom stereocenters. The highest BCUT2D eigenvalue weighted by Gasteiger charge is 2.71. The highest BCUT2D eigenvalue weighted by molar-refractivity contribution is 5.77. The van der Waals surface area contributed by atoms with E-state index in [4.69, 9.17) is 5.73 Å². The number of esters is 1. The van der Waals surface area contributed by atoms with E-state index in [1.165, 1.54) is 13.2 Å². The first kappa shape index (κ1) is 12.5. The molecule has 1 aromatic carbocycles. The summed E-state index contributed by atoms with van der Waals surface area (Å²) >= 11 is 0. The smallest absolute Gasteiger partial charge is 0.323 e. The van der Waals surface area contributed by atoms with E-state index in [1.54, 1.807) is 6.07 Å². The van der Waals surface area contributed by atoms with Crippen LogP contribution in [0.1, 0.15) is 24.8 Å². The van der Waals surface area contributed by atoms with Crippen LogP contribution in [0.4, 0.5) is 8.78 Å². The summed E-state index contributed by atoms with van der Waals surface area (Å²) in [5.41, 5.74) is 6.35. The van der Waals surface area contributed by atoms with Gasteiger partial charge in [-0.15, -0.1) is 0 Å². The first-order valence-corrected chi connectivity index (χ1v) is 6.21. The fraction of sp³-hybridized carbons (Fsp3) is 0.500. The average Bonchev–Trinajstić information content (AvgIpc) is 2.29. The molecule has 0 heterocycles. The highest BCUT2D eigenvalue weighted by Crippen LogP contribution is 2.74. The Labute approximate surface area is 109 Å². The van der Waals surface area contributed by atoms with Gasteiger partial charge in [0, 0.05) is 0 Å². The number of nitrogens with two attached hydrogens (primary N) is 1. The van der Waals surface area contributed by atoms with Gasteiger partial charge in [-0.3, -0.25) is 4.79 Å². The monoisotopic (exact) mass is 267 g/mol. The van der Waals surface area contributed by atoms with E-state index in [1.807, 2.05) is 0 Å². The van der Waals surface area contributed by atoms with Crippen molar-refractivity contribution in [1.82, 2.24) is 0 Å². The zero-order chi connectivity index (χ0) is 13.8. The number of methoxy groups -OCH3 is 1. The maximum Gasteiger partial charge on any atom is 0.323 e. The Kier molecular flexibility index (Phi) is 2.48. The third-order valence-electron chi connectivity index (χ3n) is 4.72. The third kappa shape index (κ3) is 1.54. The molecule has 3 aliphatic carbocycles. The summed E-state index contributed by atoms with van der Waals surface area (Å²) in [5, 5.41) is 0. The second-order valence-corrected chi connectivity index (χ2v) is 5.80. The van der Waals surface area contributed by atoms with Crippen LogP contribution in [0, 0.1) is 17.0 Å². The van der Waals surface area contributed by atoms with Gasteiger partial charge in [0.15, 0.2) is 11.6 Å². The van der Waals surface area contributed by atoms with E-state index in [0.717, 1.165) is 30.9 Å². The summed E-state index contributed by atoms with van der Waals surface area (Å²) in [5.74, 6) is -2.07. The molecule has 0 spiro atoms. The van der Waals surface area contributed by atoms with Crippen LogP contribution in [-0.2, 0) is 14.9 Å². The molecule has 1 aromatic rings. The molecule has 2 N–H and O–H groups in total. The van der Waals surface area contributed by atoms with Crippen molar-refractivity contribution in [2.24, 2.45) is 11.1 Å². The van der Waals surface area contributed by atoms with Crippen LogP contribution in [0.5, 0.6) is 0 Å². The molecule has 0 aromatic heterocycles. The maximum absolute atomic E-state index is 13.3. The summed E-state index contributed by atoms with van der Waals surface area (Å²) in [6.45, 7) is 0. The molecule has 5 heteroatoms.